The molecule has 0 aliphatic carbocycles. The number of aromatic nitrogens is 1. The molecule has 120 valence electrons. The van der Waals surface area contributed by atoms with Crippen LogP contribution >= 0.6 is 0 Å². The molecule has 23 heavy (non-hydrogen) atoms. The first-order valence-corrected chi connectivity index (χ1v) is 7.93. The van der Waals surface area contributed by atoms with Crippen molar-refractivity contribution in [2.45, 2.75) is 25.4 Å². The Morgan fingerprint density at radius 1 is 1.17 bits per heavy atom. The number of piperidine rings is 1. The Morgan fingerprint density at radius 2 is 1.91 bits per heavy atom. The van der Waals surface area contributed by atoms with Gasteiger partial charge >= 0.3 is 5.97 Å². The number of rotatable bonds is 5. The van der Waals surface area contributed by atoms with Gasteiger partial charge in [-0.25, -0.2) is 9.78 Å². The molecule has 2 aromatic rings. The van der Waals surface area contributed by atoms with Crippen molar-refractivity contribution in [1.29, 1.82) is 0 Å². The van der Waals surface area contributed by atoms with Crippen molar-refractivity contribution in [2.24, 2.45) is 0 Å². The lowest BCUT2D eigenvalue weighted by Crippen LogP contribution is -2.39. The predicted octanol–water partition coefficient (Wildman–Crippen LogP) is 2.86. The lowest BCUT2D eigenvalue weighted by Gasteiger charge is -2.32. The minimum Gasteiger partial charge on any atom is -0.478 e. The van der Waals surface area contributed by atoms with Crippen LogP contribution in [0.1, 0.15) is 28.8 Å². The van der Waals surface area contributed by atoms with Crippen LogP contribution in [-0.4, -0.2) is 40.1 Å². The maximum Gasteiger partial charge on any atom is 0.339 e. The van der Waals surface area contributed by atoms with Crippen LogP contribution in [0.4, 0.5) is 5.82 Å². The maximum absolute atomic E-state index is 11.2. The van der Waals surface area contributed by atoms with E-state index in [0.29, 0.717) is 5.82 Å². The average molecular weight is 311 g/mol. The van der Waals surface area contributed by atoms with Gasteiger partial charge in [0.2, 0.25) is 0 Å². The fourth-order valence-corrected chi connectivity index (χ4v) is 2.96. The normalized spacial score (nSPS) is 16.2. The van der Waals surface area contributed by atoms with Crippen LogP contribution in [-0.2, 0) is 6.54 Å². The van der Waals surface area contributed by atoms with E-state index >= 15 is 0 Å². The number of nitrogens with zero attached hydrogens (tertiary/aromatic N) is 2. The number of hydrogen-bond acceptors (Lipinski definition) is 4. The van der Waals surface area contributed by atoms with E-state index in [2.05, 4.69) is 39.5 Å². The van der Waals surface area contributed by atoms with E-state index in [1.54, 1.807) is 18.3 Å². The summed E-state index contributed by atoms with van der Waals surface area (Å²) in [6.45, 7) is 2.97. The van der Waals surface area contributed by atoms with E-state index < -0.39 is 5.97 Å². The van der Waals surface area contributed by atoms with Gasteiger partial charge in [-0.1, -0.05) is 30.3 Å². The molecule has 0 atom stereocenters. The molecule has 0 radical (unpaired) electrons. The number of carboxylic acid groups (broad SMARTS) is 1. The molecule has 1 aromatic heterocycles. The van der Waals surface area contributed by atoms with Crippen LogP contribution in [0.25, 0.3) is 0 Å². The Balaban J connectivity index is 1.54. The van der Waals surface area contributed by atoms with Gasteiger partial charge < -0.3 is 10.4 Å². The lowest BCUT2D eigenvalue weighted by atomic mass is 10.0. The standard InChI is InChI=1S/C18H21N3O2/c22-18(23)16-7-4-10-19-17(16)20-15-8-11-21(12-9-15)13-14-5-2-1-3-6-14/h1-7,10,15H,8-9,11-13H2,(H,19,20)(H,22,23). The van der Waals surface area contributed by atoms with Gasteiger partial charge in [-0.2, -0.15) is 0 Å². The summed E-state index contributed by atoms with van der Waals surface area (Å²) in [6.07, 6.45) is 3.60. The van der Waals surface area contributed by atoms with Gasteiger partial charge in [0.05, 0.1) is 0 Å². The minimum atomic E-state index is -0.942. The van der Waals surface area contributed by atoms with Gasteiger partial charge in [0, 0.05) is 31.9 Å². The summed E-state index contributed by atoms with van der Waals surface area (Å²) in [5, 5.41) is 12.5. The molecule has 1 aliphatic heterocycles. The summed E-state index contributed by atoms with van der Waals surface area (Å²) < 4.78 is 0. The molecule has 1 saturated heterocycles. The number of aromatic carboxylic acids is 1. The third-order valence-electron chi connectivity index (χ3n) is 4.22. The number of benzene rings is 1. The number of pyridine rings is 1. The van der Waals surface area contributed by atoms with Crippen LogP contribution in [0.3, 0.4) is 0 Å². The topological polar surface area (TPSA) is 65.5 Å². The summed E-state index contributed by atoms with van der Waals surface area (Å²) in [6, 6.07) is 14.0. The molecule has 1 aromatic carbocycles. The van der Waals surface area contributed by atoms with Gasteiger partial charge in [-0.05, 0) is 30.5 Å². The van der Waals surface area contributed by atoms with Gasteiger partial charge in [-0.3, -0.25) is 4.90 Å². The molecule has 0 bridgehead atoms. The number of anilines is 1. The summed E-state index contributed by atoms with van der Waals surface area (Å²) in [7, 11) is 0. The zero-order chi connectivity index (χ0) is 16.1. The van der Waals surface area contributed by atoms with Crippen molar-refractivity contribution >= 4 is 11.8 Å². The van der Waals surface area contributed by atoms with E-state index in [9.17, 15) is 9.90 Å². The van der Waals surface area contributed by atoms with Gasteiger partial charge in [0.15, 0.2) is 0 Å². The van der Waals surface area contributed by atoms with E-state index in [1.807, 2.05) is 6.07 Å². The summed E-state index contributed by atoms with van der Waals surface area (Å²) in [5.41, 5.74) is 1.57. The Labute approximate surface area is 136 Å². The summed E-state index contributed by atoms with van der Waals surface area (Å²) >= 11 is 0. The smallest absolute Gasteiger partial charge is 0.339 e. The van der Waals surface area contributed by atoms with Crippen molar-refractivity contribution in [3.8, 4) is 0 Å². The third-order valence-corrected chi connectivity index (χ3v) is 4.22. The van der Waals surface area contributed by atoms with Gasteiger partial charge in [0.1, 0.15) is 11.4 Å². The van der Waals surface area contributed by atoms with Gasteiger partial charge in [0.25, 0.3) is 0 Å². The van der Waals surface area contributed by atoms with E-state index in [0.717, 1.165) is 32.5 Å². The maximum atomic E-state index is 11.2. The summed E-state index contributed by atoms with van der Waals surface area (Å²) in [5.74, 6) is -0.469. The minimum absolute atomic E-state index is 0.235. The van der Waals surface area contributed by atoms with E-state index in [-0.39, 0.29) is 11.6 Å². The second-order valence-corrected chi connectivity index (χ2v) is 5.89. The third kappa shape index (κ3) is 4.07. The molecule has 1 aliphatic rings. The Morgan fingerprint density at radius 3 is 2.61 bits per heavy atom. The molecule has 1 fully saturated rings. The number of hydrogen-bond donors (Lipinski definition) is 2. The molecular formula is C18H21N3O2. The molecule has 0 unspecified atom stereocenters. The quantitative estimate of drug-likeness (QED) is 0.889. The number of carbonyl (C=O) groups is 1. The second kappa shape index (κ2) is 7.24. The fraction of sp³-hybridized carbons (Fsp3) is 0.333. The fourth-order valence-electron chi connectivity index (χ4n) is 2.96. The zero-order valence-corrected chi connectivity index (χ0v) is 13.0. The molecule has 3 rings (SSSR count). The molecule has 5 nitrogen and oxygen atoms in total. The molecule has 0 spiro atoms. The van der Waals surface area contributed by atoms with Crippen molar-refractivity contribution in [1.82, 2.24) is 9.88 Å². The van der Waals surface area contributed by atoms with Crippen LogP contribution in [0.2, 0.25) is 0 Å². The average Bonchev–Trinajstić information content (AvgIpc) is 2.58. The highest BCUT2D eigenvalue weighted by atomic mass is 16.4. The first-order chi connectivity index (χ1) is 11.2. The van der Waals surface area contributed by atoms with E-state index in [1.165, 1.54) is 5.56 Å². The zero-order valence-electron chi connectivity index (χ0n) is 13.0. The Bertz CT molecular complexity index is 652. The second-order valence-electron chi connectivity index (χ2n) is 5.89. The number of likely N-dealkylation sites (tertiary alicyclic amines) is 1. The molecular weight excluding hydrogens is 290 g/mol. The van der Waals surface area contributed by atoms with Crippen molar-refractivity contribution < 1.29 is 9.90 Å². The number of nitrogens with one attached hydrogen (secondary N) is 1. The van der Waals surface area contributed by atoms with Crippen LogP contribution < -0.4 is 5.32 Å². The molecule has 5 heteroatoms. The van der Waals surface area contributed by atoms with Crippen molar-refractivity contribution in [2.75, 3.05) is 18.4 Å². The highest BCUT2D eigenvalue weighted by Gasteiger charge is 2.21. The molecule has 0 amide bonds. The Kier molecular flexibility index (Phi) is 4.88. The first-order valence-electron chi connectivity index (χ1n) is 7.93. The summed E-state index contributed by atoms with van der Waals surface area (Å²) in [4.78, 5) is 17.8. The monoisotopic (exact) mass is 311 g/mol. The predicted molar refractivity (Wildman–Crippen MR) is 89.6 cm³/mol. The molecule has 2 heterocycles. The van der Waals surface area contributed by atoms with Crippen molar-refractivity contribution in [3.05, 3.63) is 59.8 Å². The SMILES string of the molecule is O=C(O)c1cccnc1NC1CCN(Cc2ccccc2)CC1. The Hall–Kier alpha value is -2.40. The van der Waals surface area contributed by atoms with Crippen molar-refractivity contribution in [3.63, 3.8) is 0 Å². The largest absolute Gasteiger partial charge is 0.478 e. The van der Waals surface area contributed by atoms with Crippen LogP contribution in [0, 0.1) is 0 Å². The van der Waals surface area contributed by atoms with Crippen LogP contribution in [0.5, 0.6) is 0 Å². The molecule has 2 N–H and O–H groups in total. The van der Waals surface area contributed by atoms with E-state index in [4.69, 9.17) is 0 Å². The highest BCUT2D eigenvalue weighted by Crippen LogP contribution is 2.19. The molecule has 0 saturated carbocycles. The lowest BCUT2D eigenvalue weighted by molar-refractivity contribution is 0.0697. The van der Waals surface area contributed by atoms with Gasteiger partial charge in [-0.15, -0.1) is 0 Å². The highest BCUT2D eigenvalue weighted by molar-refractivity contribution is 5.93. The van der Waals surface area contributed by atoms with Crippen LogP contribution in [0.15, 0.2) is 48.7 Å². The number of carboxylic acids is 1. The first kappa shape index (κ1) is 15.5.